The predicted molar refractivity (Wildman–Crippen MR) is 115 cm³/mol. The monoisotopic (exact) mass is 416 g/mol. The lowest BCUT2D eigenvalue weighted by Crippen LogP contribution is -2.43. The lowest BCUT2D eigenvalue weighted by molar-refractivity contribution is -0.121. The third-order valence-corrected chi connectivity index (χ3v) is 4.90. The van der Waals surface area contributed by atoms with Crippen molar-refractivity contribution in [2.45, 2.75) is 20.0 Å². The molecule has 0 aliphatic heterocycles. The molecule has 31 heavy (non-hydrogen) atoms. The summed E-state index contributed by atoms with van der Waals surface area (Å²) in [5.74, 6) is -0.0477. The highest BCUT2D eigenvalue weighted by Gasteiger charge is 2.16. The first-order valence-electron chi connectivity index (χ1n) is 9.63. The molecule has 3 heterocycles. The van der Waals surface area contributed by atoms with Crippen molar-refractivity contribution in [3.05, 3.63) is 87.0 Å². The fraction of sp³-hybridized carbons (Fsp3) is 0.182. The highest BCUT2D eigenvalue weighted by atomic mass is 16.2. The van der Waals surface area contributed by atoms with Crippen LogP contribution in [0.4, 0.5) is 0 Å². The van der Waals surface area contributed by atoms with Crippen molar-refractivity contribution < 1.29 is 4.79 Å². The maximum atomic E-state index is 12.9. The number of hydrogen-bond donors (Lipinski definition) is 1. The Balaban J connectivity index is 1.65. The van der Waals surface area contributed by atoms with Crippen LogP contribution in [0, 0.1) is 6.92 Å². The summed E-state index contributed by atoms with van der Waals surface area (Å²) in [5.41, 5.74) is 1.67. The van der Waals surface area contributed by atoms with Crippen molar-refractivity contribution in [1.82, 2.24) is 29.4 Å². The van der Waals surface area contributed by atoms with Gasteiger partial charge in [-0.15, -0.1) is 0 Å². The molecule has 0 unspecified atom stereocenters. The number of hydrogen-bond acceptors (Lipinski definition) is 6. The Hall–Kier alpha value is -4.14. The molecule has 0 bridgehead atoms. The molecular weight excluding hydrogens is 396 g/mol. The molecule has 0 saturated carbocycles. The van der Waals surface area contributed by atoms with Crippen LogP contribution < -0.4 is 16.6 Å². The highest BCUT2D eigenvalue weighted by Crippen LogP contribution is 2.16. The van der Waals surface area contributed by atoms with Gasteiger partial charge in [0.15, 0.2) is 11.5 Å². The number of nitrogens with one attached hydrogen (secondary N) is 1. The van der Waals surface area contributed by atoms with Gasteiger partial charge in [0.1, 0.15) is 11.9 Å². The molecule has 1 aromatic carbocycles. The maximum Gasteiger partial charge on any atom is 0.332 e. The van der Waals surface area contributed by atoms with Gasteiger partial charge in [-0.25, -0.2) is 14.8 Å². The first kappa shape index (κ1) is 20.1. The molecule has 0 saturated heterocycles. The van der Waals surface area contributed by atoms with Gasteiger partial charge in [0.05, 0.1) is 0 Å². The third-order valence-electron chi connectivity index (χ3n) is 4.90. The number of amides is 1. The molecular formula is C22H20N6O3. The molecule has 156 valence electrons. The van der Waals surface area contributed by atoms with Crippen LogP contribution in [0.2, 0.25) is 0 Å². The van der Waals surface area contributed by atoms with E-state index < -0.39 is 23.7 Å². The van der Waals surface area contributed by atoms with Gasteiger partial charge in [-0.1, -0.05) is 35.9 Å². The Morgan fingerprint density at radius 3 is 2.58 bits per heavy atom. The first-order chi connectivity index (χ1) is 14.9. The van der Waals surface area contributed by atoms with Gasteiger partial charge >= 0.3 is 5.69 Å². The van der Waals surface area contributed by atoms with E-state index in [1.54, 1.807) is 18.5 Å². The van der Waals surface area contributed by atoms with Crippen LogP contribution >= 0.6 is 0 Å². The predicted octanol–water partition coefficient (Wildman–Crippen LogP) is 1.18. The summed E-state index contributed by atoms with van der Waals surface area (Å²) in [6, 6.07) is 11.2. The van der Waals surface area contributed by atoms with Crippen LogP contribution in [0.3, 0.4) is 0 Å². The van der Waals surface area contributed by atoms with E-state index in [0.717, 1.165) is 21.3 Å². The van der Waals surface area contributed by atoms with Crippen LogP contribution in [-0.4, -0.2) is 30.0 Å². The molecule has 9 nitrogen and oxygen atoms in total. The first-order valence-corrected chi connectivity index (χ1v) is 9.63. The molecule has 9 heteroatoms. The minimum absolute atomic E-state index is 0.165. The zero-order valence-corrected chi connectivity index (χ0v) is 17.1. The number of fused-ring (bicyclic) bond motifs is 1. The van der Waals surface area contributed by atoms with Crippen LogP contribution in [0.25, 0.3) is 22.4 Å². The molecule has 0 fully saturated rings. The Kier molecular flexibility index (Phi) is 5.40. The van der Waals surface area contributed by atoms with E-state index in [1.165, 1.54) is 17.8 Å². The lowest BCUT2D eigenvalue weighted by Gasteiger charge is -2.11. The Bertz CT molecular complexity index is 1380. The summed E-state index contributed by atoms with van der Waals surface area (Å²) in [6.07, 6.45) is 4.66. The number of pyridine rings is 1. The van der Waals surface area contributed by atoms with E-state index in [4.69, 9.17) is 0 Å². The molecule has 0 aliphatic carbocycles. The summed E-state index contributed by atoms with van der Waals surface area (Å²) in [6.45, 7) is 1.82. The van der Waals surface area contributed by atoms with Crippen LogP contribution in [0.15, 0.2) is 64.6 Å². The zero-order valence-electron chi connectivity index (χ0n) is 17.1. The average molecular weight is 416 g/mol. The molecule has 0 aliphatic rings. The summed E-state index contributed by atoms with van der Waals surface area (Å²) in [7, 11) is 1.51. The molecule has 4 rings (SSSR count). The number of carbonyl (C=O) groups is 1. The minimum Gasteiger partial charge on any atom is -0.350 e. The normalized spacial score (nSPS) is 10.9. The molecule has 1 amide bonds. The van der Waals surface area contributed by atoms with Crippen molar-refractivity contribution in [2.24, 2.45) is 7.05 Å². The Morgan fingerprint density at radius 1 is 1.10 bits per heavy atom. The lowest BCUT2D eigenvalue weighted by atomic mass is 10.1. The summed E-state index contributed by atoms with van der Waals surface area (Å²) < 4.78 is 2.14. The van der Waals surface area contributed by atoms with E-state index in [1.807, 2.05) is 37.3 Å². The van der Waals surface area contributed by atoms with Gasteiger partial charge in [0.25, 0.3) is 5.56 Å². The minimum atomic E-state index is -0.623. The fourth-order valence-corrected chi connectivity index (χ4v) is 3.17. The van der Waals surface area contributed by atoms with Crippen molar-refractivity contribution in [2.75, 3.05) is 0 Å². The molecule has 0 radical (unpaired) electrons. The van der Waals surface area contributed by atoms with Gasteiger partial charge < -0.3 is 5.32 Å². The largest absolute Gasteiger partial charge is 0.350 e. The van der Waals surface area contributed by atoms with Crippen molar-refractivity contribution in [3.63, 3.8) is 0 Å². The maximum absolute atomic E-state index is 12.9. The zero-order chi connectivity index (χ0) is 22.0. The molecule has 0 atom stereocenters. The van der Waals surface area contributed by atoms with E-state index >= 15 is 0 Å². The standard InChI is InChI=1S/C22H20N6O3/c1-14-5-7-16(8-6-14)19-25-12-17-20(26-19)27(2)22(31)28(21(17)30)13-18(29)24-11-15-4-3-9-23-10-15/h3-10,12H,11,13H2,1-2H3,(H,24,29). The number of rotatable bonds is 5. The topological polar surface area (TPSA) is 112 Å². The van der Waals surface area contributed by atoms with Gasteiger partial charge in [0, 0.05) is 37.7 Å². The van der Waals surface area contributed by atoms with Crippen molar-refractivity contribution >= 4 is 16.9 Å². The molecule has 3 aromatic heterocycles. The second-order valence-electron chi connectivity index (χ2n) is 7.17. The number of aromatic nitrogens is 5. The van der Waals surface area contributed by atoms with Gasteiger partial charge in [-0.05, 0) is 18.6 Å². The number of carbonyl (C=O) groups excluding carboxylic acids is 1. The highest BCUT2D eigenvalue weighted by molar-refractivity contribution is 5.78. The second-order valence-corrected chi connectivity index (χ2v) is 7.17. The third kappa shape index (κ3) is 4.11. The SMILES string of the molecule is Cc1ccc(-c2ncc3c(=O)n(CC(=O)NCc4cccnc4)c(=O)n(C)c3n2)cc1. The van der Waals surface area contributed by atoms with Crippen LogP contribution in [0.1, 0.15) is 11.1 Å². The molecule has 1 N–H and O–H groups in total. The van der Waals surface area contributed by atoms with Crippen LogP contribution in [0.5, 0.6) is 0 Å². The Morgan fingerprint density at radius 2 is 1.87 bits per heavy atom. The number of nitrogens with zero attached hydrogens (tertiary/aromatic N) is 5. The summed E-state index contributed by atoms with van der Waals surface area (Å²) in [5, 5.41) is 2.85. The summed E-state index contributed by atoms with van der Waals surface area (Å²) >= 11 is 0. The van der Waals surface area contributed by atoms with E-state index in [-0.39, 0.29) is 17.6 Å². The van der Waals surface area contributed by atoms with Crippen molar-refractivity contribution in [3.8, 4) is 11.4 Å². The van der Waals surface area contributed by atoms with E-state index in [9.17, 15) is 14.4 Å². The van der Waals surface area contributed by atoms with Gasteiger partial charge in [-0.3, -0.25) is 23.7 Å². The van der Waals surface area contributed by atoms with E-state index in [2.05, 4.69) is 20.3 Å². The quantitative estimate of drug-likeness (QED) is 0.523. The second kappa shape index (κ2) is 8.31. The van der Waals surface area contributed by atoms with Crippen LogP contribution in [-0.2, 0) is 24.9 Å². The van der Waals surface area contributed by atoms with Crippen molar-refractivity contribution in [1.29, 1.82) is 0 Å². The number of benzene rings is 1. The smallest absolute Gasteiger partial charge is 0.332 e. The van der Waals surface area contributed by atoms with Gasteiger partial charge in [-0.2, -0.15) is 0 Å². The molecule has 4 aromatic rings. The van der Waals surface area contributed by atoms with Gasteiger partial charge in [0.2, 0.25) is 5.91 Å². The number of aryl methyl sites for hydroxylation is 2. The summed E-state index contributed by atoms with van der Waals surface area (Å²) in [4.78, 5) is 50.7. The Labute approximate surface area is 177 Å². The van der Waals surface area contributed by atoms with E-state index in [0.29, 0.717) is 5.82 Å². The average Bonchev–Trinajstić information content (AvgIpc) is 2.80. The molecule has 0 spiro atoms. The fourth-order valence-electron chi connectivity index (χ4n) is 3.17.